The summed E-state index contributed by atoms with van der Waals surface area (Å²) >= 11 is 0. The van der Waals surface area contributed by atoms with Gasteiger partial charge in [-0.2, -0.15) is 0 Å². The first-order valence-electron chi connectivity index (χ1n) is 11.8. The van der Waals surface area contributed by atoms with E-state index in [9.17, 15) is 13.2 Å². The van der Waals surface area contributed by atoms with E-state index in [0.717, 1.165) is 33.0 Å². The molecule has 3 aromatic rings. The highest BCUT2D eigenvalue weighted by molar-refractivity contribution is 7.92. The monoisotopic (exact) mass is 508 g/mol. The number of aryl methyl sites for hydroxylation is 1. The maximum Gasteiger partial charge on any atom is 0.241 e. The SMILES string of the molecule is Cc1ccc2c(c1)OC(C)(C)CC2NC(=O)CN(c1ccc(OCc2ccccc2)cc1)S(C)(=O)=O. The van der Waals surface area contributed by atoms with Gasteiger partial charge in [0.25, 0.3) is 0 Å². The summed E-state index contributed by atoms with van der Waals surface area (Å²) < 4.78 is 38.2. The number of rotatable bonds is 8. The Morgan fingerprint density at radius 2 is 1.78 bits per heavy atom. The van der Waals surface area contributed by atoms with Crippen LogP contribution in [0.3, 0.4) is 0 Å². The Morgan fingerprint density at radius 1 is 1.08 bits per heavy atom. The van der Waals surface area contributed by atoms with E-state index < -0.39 is 15.6 Å². The number of carbonyl (C=O) groups excluding carboxylic acids is 1. The summed E-state index contributed by atoms with van der Waals surface area (Å²) in [7, 11) is -3.70. The van der Waals surface area contributed by atoms with Gasteiger partial charge in [0.1, 0.15) is 30.3 Å². The highest BCUT2D eigenvalue weighted by Gasteiger charge is 2.35. The Labute approximate surface area is 213 Å². The lowest BCUT2D eigenvalue weighted by atomic mass is 9.89. The van der Waals surface area contributed by atoms with Crippen molar-refractivity contribution in [2.75, 3.05) is 17.1 Å². The van der Waals surface area contributed by atoms with Gasteiger partial charge >= 0.3 is 0 Å². The van der Waals surface area contributed by atoms with Crippen molar-refractivity contribution >= 4 is 21.6 Å². The number of ether oxygens (including phenoxy) is 2. The lowest BCUT2D eigenvalue weighted by molar-refractivity contribution is -0.120. The Bertz CT molecular complexity index is 1320. The number of nitrogens with zero attached hydrogens (tertiary/aromatic N) is 1. The molecule has 1 unspecified atom stereocenters. The maximum atomic E-state index is 13.1. The molecule has 0 saturated carbocycles. The van der Waals surface area contributed by atoms with E-state index in [0.29, 0.717) is 24.5 Å². The Hall–Kier alpha value is -3.52. The van der Waals surface area contributed by atoms with Crippen LogP contribution in [-0.2, 0) is 21.4 Å². The number of benzene rings is 3. The standard InChI is InChI=1S/C28H32N2O5S/c1-20-10-15-24-25(17-28(2,3)35-26(24)16-20)29-27(31)18-30(36(4,32)33)22-11-13-23(14-12-22)34-19-21-8-6-5-7-9-21/h5-16,25H,17-19H2,1-4H3,(H,29,31). The predicted molar refractivity (Wildman–Crippen MR) is 141 cm³/mol. The molecule has 1 amide bonds. The van der Waals surface area contributed by atoms with Crippen LogP contribution >= 0.6 is 0 Å². The first-order valence-corrected chi connectivity index (χ1v) is 13.7. The van der Waals surface area contributed by atoms with Crippen molar-refractivity contribution in [3.63, 3.8) is 0 Å². The van der Waals surface area contributed by atoms with E-state index >= 15 is 0 Å². The summed E-state index contributed by atoms with van der Waals surface area (Å²) in [6.45, 7) is 6.01. The number of anilines is 1. The fourth-order valence-corrected chi connectivity index (χ4v) is 5.16. The fraction of sp³-hybridized carbons (Fsp3) is 0.321. The van der Waals surface area contributed by atoms with Gasteiger partial charge in [-0.15, -0.1) is 0 Å². The second-order valence-electron chi connectivity index (χ2n) is 9.77. The van der Waals surface area contributed by atoms with Crippen LogP contribution < -0.4 is 19.1 Å². The van der Waals surface area contributed by atoms with Crippen LogP contribution in [0.4, 0.5) is 5.69 Å². The van der Waals surface area contributed by atoms with Crippen LogP contribution in [0.25, 0.3) is 0 Å². The highest BCUT2D eigenvalue weighted by Crippen LogP contribution is 2.40. The van der Waals surface area contributed by atoms with E-state index in [-0.39, 0.29) is 18.5 Å². The van der Waals surface area contributed by atoms with Crippen molar-refractivity contribution in [3.05, 3.63) is 89.5 Å². The first-order chi connectivity index (χ1) is 17.0. The summed E-state index contributed by atoms with van der Waals surface area (Å²) in [6, 6.07) is 22.1. The van der Waals surface area contributed by atoms with Gasteiger partial charge < -0.3 is 14.8 Å². The third-order valence-electron chi connectivity index (χ3n) is 6.02. The van der Waals surface area contributed by atoms with Crippen molar-refractivity contribution in [2.45, 2.75) is 45.4 Å². The van der Waals surface area contributed by atoms with Crippen LogP contribution in [-0.4, -0.2) is 32.7 Å². The van der Waals surface area contributed by atoms with Crippen molar-refractivity contribution in [1.82, 2.24) is 5.32 Å². The number of nitrogens with one attached hydrogen (secondary N) is 1. The summed E-state index contributed by atoms with van der Waals surface area (Å²) in [5.41, 5.74) is 2.91. The van der Waals surface area contributed by atoms with E-state index in [2.05, 4.69) is 5.32 Å². The van der Waals surface area contributed by atoms with Gasteiger partial charge in [-0.25, -0.2) is 8.42 Å². The van der Waals surface area contributed by atoms with Crippen molar-refractivity contribution < 1.29 is 22.7 Å². The second-order valence-corrected chi connectivity index (χ2v) is 11.7. The molecule has 0 saturated heterocycles. The zero-order valence-corrected chi connectivity index (χ0v) is 21.8. The third-order valence-corrected chi connectivity index (χ3v) is 7.16. The van der Waals surface area contributed by atoms with Crippen LogP contribution in [0.1, 0.15) is 43.0 Å². The first kappa shape index (κ1) is 25.6. The Balaban J connectivity index is 1.46. The largest absolute Gasteiger partial charge is 0.489 e. The zero-order chi connectivity index (χ0) is 25.9. The van der Waals surface area contributed by atoms with E-state index in [1.807, 2.05) is 69.3 Å². The predicted octanol–water partition coefficient (Wildman–Crippen LogP) is 4.76. The van der Waals surface area contributed by atoms with Gasteiger partial charge in [-0.3, -0.25) is 9.10 Å². The lowest BCUT2D eigenvalue weighted by Gasteiger charge is -2.38. The number of sulfonamides is 1. The summed E-state index contributed by atoms with van der Waals surface area (Å²) in [5, 5.41) is 3.02. The molecule has 1 aliphatic heterocycles. The molecule has 1 N–H and O–H groups in total. The average molecular weight is 509 g/mol. The quantitative estimate of drug-likeness (QED) is 0.474. The topological polar surface area (TPSA) is 84.9 Å². The number of fused-ring (bicyclic) bond motifs is 1. The molecule has 0 bridgehead atoms. The van der Waals surface area contributed by atoms with Crippen LogP contribution in [0.2, 0.25) is 0 Å². The minimum Gasteiger partial charge on any atom is -0.489 e. The van der Waals surface area contributed by atoms with Crippen LogP contribution in [0, 0.1) is 6.92 Å². The molecule has 1 heterocycles. The van der Waals surface area contributed by atoms with E-state index in [1.54, 1.807) is 24.3 Å². The molecule has 7 nitrogen and oxygen atoms in total. The molecule has 8 heteroatoms. The molecular weight excluding hydrogens is 476 g/mol. The zero-order valence-electron chi connectivity index (χ0n) is 21.0. The lowest BCUT2D eigenvalue weighted by Crippen LogP contribution is -2.45. The summed E-state index contributed by atoms with van der Waals surface area (Å²) in [6.07, 6.45) is 1.66. The Morgan fingerprint density at radius 3 is 2.44 bits per heavy atom. The fourth-order valence-electron chi connectivity index (χ4n) is 4.31. The van der Waals surface area contributed by atoms with Crippen LogP contribution in [0.15, 0.2) is 72.8 Å². The van der Waals surface area contributed by atoms with E-state index in [4.69, 9.17) is 9.47 Å². The second kappa shape index (κ2) is 10.2. The highest BCUT2D eigenvalue weighted by atomic mass is 32.2. The number of hydrogen-bond acceptors (Lipinski definition) is 5. The maximum absolute atomic E-state index is 13.1. The van der Waals surface area contributed by atoms with Gasteiger partial charge in [-0.1, -0.05) is 42.5 Å². The molecular formula is C28H32N2O5S. The van der Waals surface area contributed by atoms with Crippen molar-refractivity contribution in [1.29, 1.82) is 0 Å². The summed E-state index contributed by atoms with van der Waals surface area (Å²) in [5.74, 6) is 0.957. The summed E-state index contributed by atoms with van der Waals surface area (Å²) in [4.78, 5) is 13.1. The normalized spacial score (nSPS) is 16.4. The minimum atomic E-state index is -3.70. The third kappa shape index (κ3) is 6.37. The molecule has 3 aromatic carbocycles. The van der Waals surface area contributed by atoms with Gasteiger partial charge in [0.2, 0.25) is 15.9 Å². The molecule has 0 spiro atoms. The smallest absolute Gasteiger partial charge is 0.241 e. The van der Waals surface area contributed by atoms with E-state index in [1.165, 1.54) is 0 Å². The van der Waals surface area contributed by atoms with Gasteiger partial charge in [-0.05, 0) is 62.2 Å². The number of carbonyl (C=O) groups is 1. The molecule has 1 aliphatic rings. The number of hydrogen-bond donors (Lipinski definition) is 1. The van der Waals surface area contributed by atoms with Crippen molar-refractivity contribution in [3.8, 4) is 11.5 Å². The molecule has 1 atom stereocenters. The minimum absolute atomic E-state index is 0.285. The molecule has 0 radical (unpaired) electrons. The molecule has 0 aliphatic carbocycles. The average Bonchev–Trinajstić information content (AvgIpc) is 2.80. The van der Waals surface area contributed by atoms with Gasteiger partial charge in [0.05, 0.1) is 18.0 Å². The molecule has 4 rings (SSSR count). The van der Waals surface area contributed by atoms with Gasteiger partial charge in [0, 0.05) is 12.0 Å². The van der Waals surface area contributed by atoms with Gasteiger partial charge in [0.15, 0.2) is 0 Å². The van der Waals surface area contributed by atoms with Crippen LogP contribution in [0.5, 0.6) is 11.5 Å². The number of amides is 1. The molecule has 0 fully saturated rings. The molecule has 0 aromatic heterocycles. The molecule has 190 valence electrons. The Kier molecular flexibility index (Phi) is 7.26. The van der Waals surface area contributed by atoms with Crippen molar-refractivity contribution in [2.24, 2.45) is 0 Å². The molecule has 36 heavy (non-hydrogen) atoms.